The second-order valence-corrected chi connectivity index (χ2v) is 22.9. The quantitative estimate of drug-likeness (QED) is 0.116. The monoisotopic (exact) mass is 1140 g/mol. The lowest BCUT2D eigenvalue weighted by atomic mass is 10.0. The minimum atomic E-state index is -0.552. The van der Waals surface area contributed by atoms with E-state index < -0.39 is 24.2 Å². The average molecular weight is 1150 g/mol. The molecule has 0 saturated carbocycles. The number of nitrogens with zero attached hydrogens (tertiary/aromatic N) is 8. The first-order chi connectivity index (χ1) is 37.7. The lowest BCUT2D eigenvalue weighted by Gasteiger charge is -2.26. The average Bonchev–Trinajstić information content (AvgIpc) is 4.31. The lowest BCUT2D eigenvalue weighted by Crippen LogP contribution is -2.41. The fourth-order valence-electron chi connectivity index (χ4n) is 10.0. The summed E-state index contributed by atoms with van der Waals surface area (Å²) in [5.74, 6) is 1.41. The third kappa shape index (κ3) is 10.9. The zero-order valence-electron chi connectivity index (χ0n) is 43.6. The van der Waals surface area contributed by atoms with Gasteiger partial charge in [-0.05, 0) is 95.5 Å². The molecular weight excluding hydrogens is 1090 g/mol. The van der Waals surface area contributed by atoms with Gasteiger partial charge in [0.1, 0.15) is 61.7 Å². The van der Waals surface area contributed by atoms with E-state index in [1.54, 1.807) is 38.5 Å². The molecule has 4 unspecified atom stereocenters. The van der Waals surface area contributed by atoms with Gasteiger partial charge in [-0.15, -0.1) is 45.3 Å². The number of hydrogen-bond donors (Lipinski definition) is 6. The van der Waals surface area contributed by atoms with E-state index in [1.807, 2.05) is 22.9 Å². The first-order valence-corrected chi connectivity index (χ1v) is 28.5. The third-order valence-corrected chi connectivity index (χ3v) is 17.5. The minimum absolute atomic E-state index is 0.129. The molecule has 0 bridgehead atoms. The molecular formula is C53H56N14O8S4. The van der Waals surface area contributed by atoms with Gasteiger partial charge >= 0.3 is 0 Å². The van der Waals surface area contributed by atoms with Crippen LogP contribution in [0.5, 0.6) is 0 Å². The highest BCUT2D eigenvalue weighted by Gasteiger charge is 2.33. The van der Waals surface area contributed by atoms with Crippen LogP contribution in [0.25, 0.3) is 41.6 Å². The molecule has 8 N–H and O–H groups in total. The summed E-state index contributed by atoms with van der Waals surface area (Å²) in [6.07, 6.45) is 5.08. The van der Waals surface area contributed by atoms with Gasteiger partial charge in [0, 0.05) is 51.4 Å². The summed E-state index contributed by atoms with van der Waals surface area (Å²) in [6, 6.07) is 1.54. The zero-order valence-corrected chi connectivity index (χ0v) is 46.9. The summed E-state index contributed by atoms with van der Waals surface area (Å²) < 4.78 is 7.10. The van der Waals surface area contributed by atoms with Crippen molar-refractivity contribution in [1.29, 1.82) is 0 Å². The fourth-order valence-corrected chi connectivity index (χ4v) is 13.3. The van der Waals surface area contributed by atoms with Gasteiger partial charge in [-0.2, -0.15) is 0 Å². The van der Waals surface area contributed by atoms with Crippen molar-refractivity contribution >= 4 is 116 Å². The van der Waals surface area contributed by atoms with Crippen molar-refractivity contribution in [3.8, 4) is 0 Å². The van der Waals surface area contributed by atoms with Gasteiger partial charge in [0.05, 0.1) is 33.0 Å². The number of rotatable bonds is 5. The van der Waals surface area contributed by atoms with Gasteiger partial charge in [0.25, 0.3) is 22.2 Å². The Labute approximate surface area is 465 Å². The molecule has 4 amide bonds. The Kier molecular flexibility index (Phi) is 16.0. The van der Waals surface area contributed by atoms with Gasteiger partial charge in [0.15, 0.2) is 0 Å². The summed E-state index contributed by atoms with van der Waals surface area (Å²) in [4.78, 5) is 118. The summed E-state index contributed by atoms with van der Waals surface area (Å²) >= 11 is 5.47. The molecule has 4 fully saturated rings. The van der Waals surface area contributed by atoms with Gasteiger partial charge in [-0.3, -0.25) is 56.6 Å². The highest BCUT2D eigenvalue weighted by atomic mass is 32.1. The molecule has 12 heterocycles. The Hall–Kier alpha value is -8.04. The largest absolute Gasteiger partial charge is 0.397 e. The van der Waals surface area contributed by atoms with Crippen LogP contribution in [0.4, 0.5) is 5.69 Å². The Morgan fingerprint density at radius 1 is 0.544 bits per heavy atom. The Bertz CT molecular complexity index is 4130. The lowest BCUT2D eigenvalue weighted by molar-refractivity contribution is -0.125. The standard InChI is InChI=1S/C14H16N4O2S.C14H15N3O2S.C13H14N4O2S.C12H11N3O2S/c1-7-3-4-10(13(19)16-7)18-8(2)17-12-9(14(18)20)6-21-11(12)5-15;1-8-4-3-5-11(13(18)15-8)17-9(2)16-10-6-7-20-12(10)14(17)19;1-6-3-4-9(11(18)15-6)17-7(2)16-12-10(13(17)19)8(14)5-20-12;1-6-5-9(11(16)13-6)15-7(2)14-8-3-4-18-10(8)12(15)17/h6,10H,1,3-5,15H2,2H3,(H,16,19);6-7,11H,1,3-5H2,2H3,(H,15,18);5,9H,1,3-4,14H2,2H3,(H,15,18);3-4,9H,1,5H2,2H3,(H,13,16). The molecule has 0 radical (unpaired) electrons. The van der Waals surface area contributed by atoms with Crippen LogP contribution in [-0.4, -0.2) is 61.8 Å². The molecule has 22 nitrogen and oxygen atoms in total. The van der Waals surface area contributed by atoms with E-state index in [9.17, 15) is 38.4 Å². The van der Waals surface area contributed by atoms with Crippen molar-refractivity contribution < 1.29 is 19.2 Å². The molecule has 26 heteroatoms. The number of anilines is 1. The molecule has 12 rings (SSSR count). The number of amides is 4. The topological polar surface area (TPSA) is 308 Å². The van der Waals surface area contributed by atoms with Gasteiger partial charge in [0.2, 0.25) is 23.6 Å². The number of allylic oxidation sites excluding steroid dienone is 4. The maximum absolute atomic E-state index is 12.7. The number of hydrogen-bond acceptors (Lipinski definition) is 18. The predicted octanol–water partition coefficient (Wildman–Crippen LogP) is 5.97. The number of nitrogen functional groups attached to an aromatic ring is 1. The normalized spacial score (nSPS) is 19.5. The highest BCUT2D eigenvalue weighted by Crippen LogP contribution is 2.30. The van der Waals surface area contributed by atoms with Crippen LogP contribution >= 0.6 is 45.3 Å². The van der Waals surface area contributed by atoms with Crippen LogP contribution in [0, 0.1) is 27.7 Å². The molecule has 4 atom stereocenters. The van der Waals surface area contributed by atoms with Crippen LogP contribution in [-0.2, 0) is 25.7 Å². The van der Waals surface area contributed by atoms with Gasteiger partial charge < -0.3 is 32.7 Å². The molecule has 4 saturated heterocycles. The van der Waals surface area contributed by atoms with Crippen molar-refractivity contribution in [3.05, 3.63) is 152 Å². The maximum atomic E-state index is 12.7. The second-order valence-electron chi connectivity index (χ2n) is 19.2. The minimum Gasteiger partial charge on any atom is -0.397 e. The summed E-state index contributed by atoms with van der Waals surface area (Å²) in [5.41, 5.74) is 16.0. The van der Waals surface area contributed by atoms with Crippen molar-refractivity contribution in [2.24, 2.45) is 5.73 Å². The van der Waals surface area contributed by atoms with E-state index in [0.717, 1.165) is 17.7 Å². The molecule has 410 valence electrons. The molecule has 4 aliphatic rings. The maximum Gasteiger partial charge on any atom is 0.272 e. The molecule has 8 aromatic rings. The van der Waals surface area contributed by atoms with Crippen molar-refractivity contribution in [2.75, 3.05) is 5.73 Å². The first kappa shape index (κ1) is 55.7. The summed E-state index contributed by atoms with van der Waals surface area (Å²) in [7, 11) is 0. The first-order valence-electron chi connectivity index (χ1n) is 25.0. The summed E-state index contributed by atoms with van der Waals surface area (Å²) in [5, 5.41) is 18.9. The Morgan fingerprint density at radius 3 is 1.53 bits per heavy atom. The zero-order chi connectivity index (χ0) is 56.7. The van der Waals surface area contributed by atoms with Gasteiger partial charge in [-0.1, -0.05) is 26.3 Å². The predicted molar refractivity (Wildman–Crippen MR) is 309 cm³/mol. The van der Waals surface area contributed by atoms with E-state index in [1.165, 1.54) is 63.6 Å². The Morgan fingerprint density at radius 2 is 1.00 bits per heavy atom. The second kappa shape index (κ2) is 22.7. The van der Waals surface area contributed by atoms with E-state index in [4.69, 9.17) is 11.5 Å². The van der Waals surface area contributed by atoms with E-state index in [-0.39, 0.29) is 45.9 Å². The number of thiophene rings is 4. The number of piperidine rings is 2. The van der Waals surface area contributed by atoms with E-state index in [2.05, 4.69) is 67.5 Å². The van der Waals surface area contributed by atoms with E-state index >= 15 is 0 Å². The molecule has 0 aromatic carbocycles. The highest BCUT2D eigenvalue weighted by molar-refractivity contribution is 7.17. The third-order valence-electron chi connectivity index (χ3n) is 13.8. The number of aromatic nitrogens is 8. The number of aryl methyl sites for hydroxylation is 4. The molecule has 79 heavy (non-hydrogen) atoms. The number of carbonyl (C=O) groups excluding carboxylic acids is 4. The molecule has 4 aliphatic heterocycles. The number of nitrogens with one attached hydrogen (secondary N) is 4. The van der Waals surface area contributed by atoms with Crippen molar-refractivity contribution in [1.82, 2.24) is 59.5 Å². The smallest absolute Gasteiger partial charge is 0.272 e. The SMILES string of the molecule is C=C1CC(n2c(C)nc3ccsc3c2=O)C(=O)N1.C=C1CCC(n2c(C)nc3c(CN)scc3c2=O)C(=O)N1.C=C1CCC(n2c(C)nc3scc(N)c3c2=O)C(=O)N1.C=C1CCCC(n2c(C)nc3ccsc3c2=O)C(=O)N1. The Balaban J connectivity index is 0.000000128. The van der Waals surface area contributed by atoms with Crippen LogP contribution < -0.4 is 55.0 Å². The van der Waals surface area contributed by atoms with Crippen LogP contribution in [0.2, 0.25) is 0 Å². The number of nitrogens with two attached hydrogens (primary N) is 2. The molecule has 0 spiro atoms. The fraction of sp³-hybridized carbons (Fsp3) is 0.321. The van der Waals surface area contributed by atoms with Crippen molar-refractivity contribution in [3.63, 3.8) is 0 Å². The van der Waals surface area contributed by atoms with Crippen molar-refractivity contribution in [2.45, 2.75) is 110 Å². The molecule has 8 aromatic heterocycles. The van der Waals surface area contributed by atoms with Crippen LogP contribution in [0.1, 0.15) is 104 Å². The summed E-state index contributed by atoms with van der Waals surface area (Å²) in [6.45, 7) is 22.4. The van der Waals surface area contributed by atoms with Crippen LogP contribution in [0.3, 0.4) is 0 Å². The number of carbonyl (C=O) groups is 4. The van der Waals surface area contributed by atoms with E-state index in [0.29, 0.717) is 138 Å². The van der Waals surface area contributed by atoms with Gasteiger partial charge in [-0.25, -0.2) is 19.9 Å². The van der Waals surface area contributed by atoms with Crippen LogP contribution in [0.15, 0.2) is 102 Å². The molecule has 0 aliphatic carbocycles. The number of fused-ring (bicyclic) bond motifs is 4.